The predicted molar refractivity (Wildman–Crippen MR) is 80.6 cm³/mol. The van der Waals surface area contributed by atoms with Gasteiger partial charge < -0.3 is 16.2 Å². The van der Waals surface area contributed by atoms with Gasteiger partial charge in [0.15, 0.2) is 0 Å². The summed E-state index contributed by atoms with van der Waals surface area (Å²) in [6.07, 6.45) is 3.29. The molecule has 1 amide bonds. The molecule has 0 bridgehead atoms. The van der Waals surface area contributed by atoms with Crippen LogP contribution < -0.4 is 11.1 Å². The summed E-state index contributed by atoms with van der Waals surface area (Å²) in [5.74, 6) is -0.943. The summed E-state index contributed by atoms with van der Waals surface area (Å²) in [5, 5.41) is 12.3. The second-order valence-corrected chi connectivity index (χ2v) is 7.67. The van der Waals surface area contributed by atoms with E-state index in [1.807, 2.05) is 0 Å². The number of carbonyl (C=O) groups is 2. The van der Waals surface area contributed by atoms with Crippen LogP contribution >= 0.6 is 0 Å². The van der Waals surface area contributed by atoms with Crippen LogP contribution in [0, 0.1) is 23.2 Å². The topological polar surface area (TPSA) is 92.4 Å². The maximum absolute atomic E-state index is 12.7. The van der Waals surface area contributed by atoms with Gasteiger partial charge in [-0.05, 0) is 49.9 Å². The van der Waals surface area contributed by atoms with Gasteiger partial charge in [0.25, 0.3) is 0 Å². The highest BCUT2D eigenvalue weighted by Crippen LogP contribution is 2.45. The van der Waals surface area contributed by atoms with E-state index in [1.165, 1.54) is 0 Å². The molecule has 0 aromatic carbocycles. The third kappa shape index (κ3) is 2.80. The number of carbonyl (C=O) groups excluding carboxylic acids is 1. The fourth-order valence-corrected chi connectivity index (χ4v) is 3.65. The molecule has 0 aliphatic heterocycles. The van der Waals surface area contributed by atoms with Crippen molar-refractivity contribution in [2.24, 2.45) is 28.9 Å². The van der Waals surface area contributed by atoms with Gasteiger partial charge in [-0.25, -0.2) is 4.79 Å². The zero-order valence-corrected chi connectivity index (χ0v) is 13.5. The zero-order valence-electron chi connectivity index (χ0n) is 13.5. The lowest BCUT2D eigenvalue weighted by molar-refractivity contribution is -0.150. The number of carboxylic acid groups (broad SMARTS) is 1. The average molecular weight is 296 g/mol. The molecule has 2 rings (SSSR count). The van der Waals surface area contributed by atoms with Crippen molar-refractivity contribution in [1.82, 2.24) is 5.32 Å². The van der Waals surface area contributed by atoms with Gasteiger partial charge in [0.2, 0.25) is 5.91 Å². The van der Waals surface area contributed by atoms with Crippen molar-refractivity contribution in [3.63, 3.8) is 0 Å². The van der Waals surface area contributed by atoms with Gasteiger partial charge in [-0.2, -0.15) is 0 Å². The Morgan fingerprint density at radius 1 is 1.24 bits per heavy atom. The lowest BCUT2D eigenvalue weighted by Gasteiger charge is -2.46. The number of nitrogens with two attached hydrogens (primary N) is 1. The number of amides is 1. The third-order valence-corrected chi connectivity index (χ3v) is 6.04. The summed E-state index contributed by atoms with van der Waals surface area (Å²) >= 11 is 0. The summed E-state index contributed by atoms with van der Waals surface area (Å²) in [5.41, 5.74) is 4.78. The number of hydrogen-bond acceptors (Lipinski definition) is 3. The molecule has 2 saturated carbocycles. The first-order valence-electron chi connectivity index (χ1n) is 7.91. The standard InChI is InChI=1S/C16H28N2O3/c1-9-12(17)8-7-11(15(9,2)3)13(19)18-16(4,14(20)21)10-5-6-10/h9-12H,5-8,17H2,1-4H3,(H,18,19)(H,20,21). The van der Waals surface area contributed by atoms with Gasteiger partial charge in [-0.3, -0.25) is 4.79 Å². The molecular weight excluding hydrogens is 268 g/mol. The molecule has 2 fully saturated rings. The first-order valence-corrected chi connectivity index (χ1v) is 7.91. The van der Waals surface area contributed by atoms with E-state index in [4.69, 9.17) is 5.73 Å². The van der Waals surface area contributed by atoms with Crippen molar-refractivity contribution >= 4 is 11.9 Å². The third-order valence-electron chi connectivity index (χ3n) is 6.04. The van der Waals surface area contributed by atoms with E-state index in [1.54, 1.807) is 6.92 Å². The molecule has 0 aromatic rings. The smallest absolute Gasteiger partial charge is 0.329 e. The number of rotatable bonds is 4. The molecule has 21 heavy (non-hydrogen) atoms. The van der Waals surface area contributed by atoms with E-state index in [0.29, 0.717) is 0 Å². The highest BCUT2D eigenvalue weighted by molar-refractivity contribution is 5.88. The van der Waals surface area contributed by atoms with Crippen molar-refractivity contribution in [1.29, 1.82) is 0 Å². The summed E-state index contributed by atoms with van der Waals surface area (Å²) in [7, 11) is 0. The van der Waals surface area contributed by atoms with E-state index < -0.39 is 11.5 Å². The van der Waals surface area contributed by atoms with Crippen LogP contribution in [0.15, 0.2) is 0 Å². The molecule has 2 aliphatic rings. The van der Waals surface area contributed by atoms with Crippen LogP contribution in [-0.4, -0.2) is 28.6 Å². The fourth-order valence-electron chi connectivity index (χ4n) is 3.65. The Balaban J connectivity index is 2.14. The minimum atomic E-state index is -1.13. The van der Waals surface area contributed by atoms with Gasteiger partial charge in [-0.15, -0.1) is 0 Å². The van der Waals surface area contributed by atoms with Gasteiger partial charge in [0.05, 0.1) is 0 Å². The highest BCUT2D eigenvalue weighted by atomic mass is 16.4. The monoisotopic (exact) mass is 296 g/mol. The molecule has 4 atom stereocenters. The first-order chi connectivity index (χ1) is 9.60. The Morgan fingerprint density at radius 2 is 1.81 bits per heavy atom. The van der Waals surface area contributed by atoms with E-state index in [9.17, 15) is 14.7 Å². The molecule has 4 unspecified atom stereocenters. The Kier molecular flexibility index (Phi) is 4.08. The van der Waals surface area contributed by atoms with E-state index in [2.05, 4.69) is 26.1 Å². The predicted octanol–water partition coefficient (Wildman–Crippen LogP) is 1.76. The summed E-state index contributed by atoms with van der Waals surface area (Å²) in [6, 6.07) is 0.110. The summed E-state index contributed by atoms with van der Waals surface area (Å²) in [4.78, 5) is 24.3. The molecule has 2 aliphatic carbocycles. The Morgan fingerprint density at radius 3 is 2.29 bits per heavy atom. The van der Waals surface area contributed by atoms with Crippen LogP contribution in [0.4, 0.5) is 0 Å². The van der Waals surface area contributed by atoms with E-state index >= 15 is 0 Å². The number of nitrogens with one attached hydrogen (secondary N) is 1. The number of aliphatic carboxylic acids is 1. The molecule has 0 saturated heterocycles. The van der Waals surface area contributed by atoms with Crippen molar-refractivity contribution in [3.05, 3.63) is 0 Å². The van der Waals surface area contributed by atoms with Crippen LogP contribution in [0.5, 0.6) is 0 Å². The van der Waals surface area contributed by atoms with Crippen LogP contribution in [-0.2, 0) is 9.59 Å². The van der Waals surface area contributed by atoms with Crippen LogP contribution in [0.1, 0.15) is 53.4 Å². The molecule has 120 valence electrons. The SMILES string of the molecule is CC1C(N)CCC(C(=O)NC(C)(C(=O)O)C2CC2)C1(C)C. The molecule has 5 nitrogen and oxygen atoms in total. The van der Waals surface area contributed by atoms with E-state index in [0.717, 1.165) is 25.7 Å². The molecule has 0 radical (unpaired) electrons. The zero-order chi connectivity index (χ0) is 16.0. The van der Waals surface area contributed by atoms with Crippen LogP contribution in [0.2, 0.25) is 0 Å². The Hall–Kier alpha value is -1.10. The van der Waals surface area contributed by atoms with Crippen molar-refractivity contribution in [2.45, 2.75) is 65.0 Å². The quantitative estimate of drug-likeness (QED) is 0.737. The summed E-state index contributed by atoms with van der Waals surface area (Å²) < 4.78 is 0. The molecule has 4 N–H and O–H groups in total. The van der Waals surface area contributed by atoms with Gasteiger partial charge >= 0.3 is 5.97 Å². The molecule has 0 aromatic heterocycles. The van der Waals surface area contributed by atoms with Crippen LogP contribution in [0.25, 0.3) is 0 Å². The minimum absolute atomic E-state index is 0.0605. The van der Waals surface area contributed by atoms with Crippen molar-refractivity contribution < 1.29 is 14.7 Å². The Labute approximate surface area is 126 Å². The Bertz CT molecular complexity index is 445. The minimum Gasteiger partial charge on any atom is -0.480 e. The number of hydrogen-bond donors (Lipinski definition) is 3. The maximum atomic E-state index is 12.7. The fraction of sp³-hybridized carbons (Fsp3) is 0.875. The van der Waals surface area contributed by atoms with Gasteiger partial charge in [0.1, 0.15) is 5.54 Å². The first kappa shape index (κ1) is 16.3. The second kappa shape index (κ2) is 5.27. The van der Waals surface area contributed by atoms with Crippen molar-refractivity contribution in [2.75, 3.05) is 0 Å². The number of carboxylic acids is 1. The van der Waals surface area contributed by atoms with Crippen LogP contribution in [0.3, 0.4) is 0 Å². The highest BCUT2D eigenvalue weighted by Gasteiger charge is 2.51. The normalized spacial score (nSPS) is 34.8. The lowest BCUT2D eigenvalue weighted by Crippen LogP contribution is -2.59. The van der Waals surface area contributed by atoms with Crippen molar-refractivity contribution in [3.8, 4) is 0 Å². The van der Waals surface area contributed by atoms with Gasteiger partial charge in [0, 0.05) is 12.0 Å². The second-order valence-electron chi connectivity index (χ2n) is 7.67. The van der Waals surface area contributed by atoms with E-state index in [-0.39, 0.29) is 35.1 Å². The van der Waals surface area contributed by atoms with Gasteiger partial charge in [-0.1, -0.05) is 20.8 Å². The summed E-state index contributed by atoms with van der Waals surface area (Å²) in [6.45, 7) is 7.85. The average Bonchev–Trinajstić information content (AvgIpc) is 3.19. The lowest BCUT2D eigenvalue weighted by atomic mass is 9.60. The largest absolute Gasteiger partial charge is 0.480 e. The molecule has 5 heteroatoms. The molecular formula is C16H28N2O3. The molecule has 0 heterocycles. The maximum Gasteiger partial charge on any atom is 0.329 e. The molecule has 0 spiro atoms.